The van der Waals surface area contributed by atoms with Gasteiger partial charge in [-0.15, -0.1) is 0 Å². The van der Waals surface area contributed by atoms with Gasteiger partial charge in [0.15, 0.2) is 5.78 Å². The molecule has 0 aliphatic rings. The van der Waals surface area contributed by atoms with E-state index >= 15 is 0 Å². The van der Waals surface area contributed by atoms with Gasteiger partial charge in [0, 0.05) is 0 Å². The first-order chi connectivity index (χ1) is 11.8. The van der Waals surface area contributed by atoms with E-state index in [0.717, 1.165) is 12.2 Å². The van der Waals surface area contributed by atoms with Crippen LogP contribution in [0.1, 0.15) is 51.0 Å². The molecule has 0 radical (unpaired) electrons. The van der Waals surface area contributed by atoms with Gasteiger partial charge in [0.1, 0.15) is 18.9 Å². The summed E-state index contributed by atoms with van der Waals surface area (Å²) in [5, 5.41) is 7.81. The van der Waals surface area contributed by atoms with Gasteiger partial charge in [-0.2, -0.15) is 15.0 Å². The number of ketones is 1. The van der Waals surface area contributed by atoms with E-state index in [2.05, 4.69) is 29.3 Å². The molecule has 1 heterocycles. The zero-order chi connectivity index (χ0) is 17.0. The second-order valence-corrected chi connectivity index (χ2v) is 6.05. The quantitative estimate of drug-likeness (QED) is 0.555. The number of hydrogen-bond donors (Lipinski definition) is 0. The number of carbonyl (C=O) groups is 1. The fourth-order valence-electron chi connectivity index (χ4n) is 2.55. The Hall–Kier alpha value is -2.17. The summed E-state index contributed by atoms with van der Waals surface area (Å²) in [5.74, 6) is 0.672. The third kappa shape index (κ3) is 6.94. The fourth-order valence-corrected chi connectivity index (χ4v) is 2.55. The first-order valence-electron chi connectivity index (χ1n) is 8.85. The zero-order valence-electron chi connectivity index (χ0n) is 14.5. The minimum atomic E-state index is -0.0534. The van der Waals surface area contributed by atoms with E-state index in [4.69, 9.17) is 4.74 Å². The molecule has 0 spiro atoms. The van der Waals surface area contributed by atoms with E-state index in [1.165, 1.54) is 48.9 Å². The first kappa shape index (κ1) is 18.2. The maximum Gasteiger partial charge on any atom is 0.193 e. The Kier molecular flexibility index (Phi) is 8.01. The van der Waals surface area contributed by atoms with Gasteiger partial charge < -0.3 is 4.74 Å². The molecule has 0 saturated heterocycles. The van der Waals surface area contributed by atoms with Crippen molar-refractivity contribution in [2.45, 2.75) is 58.4 Å². The van der Waals surface area contributed by atoms with Crippen molar-refractivity contribution < 1.29 is 9.53 Å². The van der Waals surface area contributed by atoms with Crippen molar-refractivity contribution in [1.29, 1.82) is 0 Å². The summed E-state index contributed by atoms with van der Waals surface area (Å²) in [6.45, 7) is 2.42. The normalized spacial score (nSPS) is 10.7. The maximum atomic E-state index is 11.8. The molecular weight excluding hydrogens is 302 g/mol. The number of unbranched alkanes of at least 4 members (excludes halogenated alkanes) is 5. The second kappa shape index (κ2) is 10.6. The van der Waals surface area contributed by atoms with Crippen molar-refractivity contribution in [3.63, 3.8) is 0 Å². The molecule has 130 valence electrons. The molecule has 1 aromatic carbocycles. The third-order valence-electron chi connectivity index (χ3n) is 3.93. The number of nitrogens with zero attached hydrogens (tertiary/aromatic N) is 3. The van der Waals surface area contributed by atoms with Crippen molar-refractivity contribution in [3.05, 3.63) is 42.2 Å². The van der Waals surface area contributed by atoms with Crippen LogP contribution >= 0.6 is 0 Å². The lowest BCUT2D eigenvalue weighted by atomic mass is 10.0. The van der Waals surface area contributed by atoms with Crippen LogP contribution in [0.5, 0.6) is 5.75 Å². The topological polar surface area (TPSA) is 57.0 Å². The summed E-state index contributed by atoms with van der Waals surface area (Å²) in [6, 6.07) is 8.04. The highest BCUT2D eigenvalue weighted by molar-refractivity contribution is 5.79. The Morgan fingerprint density at radius 1 is 1.00 bits per heavy atom. The molecule has 0 fully saturated rings. The van der Waals surface area contributed by atoms with E-state index in [-0.39, 0.29) is 18.9 Å². The molecule has 2 aromatic rings. The molecule has 0 unspecified atom stereocenters. The summed E-state index contributed by atoms with van der Waals surface area (Å²) in [7, 11) is 0. The molecule has 24 heavy (non-hydrogen) atoms. The van der Waals surface area contributed by atoms with Gasteiger partial charge in [-0.25, -0.2) is 0 Å². The number of aryl methyl sites for hydroxylation is 1. The largest absolute Gasteiger partial charge is 0.486 e. The highest BCUT2D eigenvalue weighted by Crippen LogP contribution is 2.15. The van der Waals surface area contributed by atoms with Crippen LogP contribution in [0.15, 0.2) is 36.7 Å². The summed E-state index contributed by atoms with van der Waals surface area (Å²) in [4.78, 5) is 13.1. The van der Waals surface area contributed by atoms with E-state index in [1.807, 2.05) is 12.1 Å². The Morgan fingerprint density at radius 2 is 1.67 bits per heavy atom. The summed E-state index contributed by atoms with van der Waals surface area (Å²) < 4.78 is 5.52. The Labute approximate surface area is 144 Å². The smallest absolute Gasteiger partial charge is 0.193 e. The molecule has 1 aromatic heterocycles. The summed E-state index contributed by atoms with van der Waals surface area (Å²) in [5.41, 5.74) is 1.32. The van der Waals surface area contributed by atoms with Gasteiger partial charge in [0.2, 0.25) is 0 Å². The number of Topliss-reactive ketones (excluding diaryl/α,β-unsaturated/α-hetero) is 1. The van der Waals surface area contributed by atoms with Crippen LogP contribution in [0.3, 0.4) is 0 Å². The standard InChI is InChI=1S/C19H27N3O2/c1-2-3-4-5-6-7-8-17-9-11-19(12-10-17)24-16-18(23)15-22-20-13-14-21-22/h9-14H,2-8,15-16H2,1H3. The predicted octanol–water partition coefficient (Wildman–Crippen LogP) is 3.83. The van der Waals surface area contributed by atoms with Gasteiger partial charge in [0.05, 0.1) is 12.4 Å². The first-order valence-corrected chi connectivity index (χ1v) is 8.85. The summed E-state index contributed by atoms with van der Waals surface area (Å²) in [6.07, 6.45) is 12.1. The molecule has 0 aliphatic heterocycles. The number of aromatic nitrogens is 3. The minimum Gasteiger partial charge on any atom is -0.486 e. The molecule has 0 amide bonds. The number of hydrogen-bond acceptors (Lipinski definition) is 4. The van der Waals surface area contributed by atoms with E-state index in [1.54, 1.807) is 12.4 Å². The lowest BCUT2D eigenvalue weighted by molar-refractivity contribution is -0.122. The number of rotatable bonds is 12. The van der Waals surface area contributed by atoms with Crippen LogP contribution in [0.2, 0.25) is 0 Å². The number of carbonyl (C=O) groups excluding carboxylic acids is 1. The Morgan fingerprint density at radius 3 is 2.38 bits per heavy atom. The van der Waals surface area contributed by atoms with Crippen LogP contribution < -0.4 is 4.74 Å². The molecule has 2 rings (SSSR count). The average Bonchev–Trinajstić information content (AvgIpc) is 3.10. The van der Waals surface area contributed by atoms with Crippen molar-refractivity contribution in [1.82, 2.24) is 15.0 Å². The highest BCUT2D eigenvalue weighted by Gasteiger charge is 2.05. The van der Waals surface area contributed by atoms with Crippen molar-refractivity contribution >= 4 is 5.78 Å². The van der Waals surface area contributed by atoms with Crippen molar-refractivity contribution in [3.8, 4) is 5.75 Å². The maximum absolute atomic E-state index is 11.8. The molecule has 5 heteroatoms. The van der Waals surface area contributed by atoms with Gasteiger partial charge in [-0.05, 0) is 30.5 Å². The van der Waals surface area contributed by atoms with Crippen molar-refractivity contribution in [2.24, 2.45) is 0 Å². The molecule has 0 bridgehead atoms. The molecule has 0 aliphatic carbocycles. The summed E-state index contributed by atoms with van der Waals surface area (Å²) >= 11 is 0. The fraction of sp³-hybridized carbons (Fsp3) is 0.526. The van der Waals surface area contributed by atoms with E-state index in [0.29, 0.717) is 0 Å². The van der Waals surface area contributed by atoms with Crippen LogP contribution in [0.4, 0.5) is 0 Å². The van der Waals surface area contributed by atoms with Crippen molar-refractivity contribution in [2.75, 3.05) is 6.61 Å². The average molecular weight is 329 g/mol. The van der Waals surface area contributed by atoms with Crippen LogP contribution in [0.25, 0.3) is 0 Å². The van der Waals surface area contributed by atoms with E-state index < -0.39 is 0 Å². The molecular formula is C19H27N3O2. The Bertz CT molecular complexity index is 579. The second-order valence-electron chi connectivity index (χ2n) is 6.05. The zero-order valence-corrected chi connectivity index (χ0v) is 14.5. The Balaban J connectivity index is 1.63. The molecule has 0 N–H and O–H groups in total. The number of ether oxygens (including phenoxy) is 1. The van der Waals surface area contributed by atoms with Crippen LogP contribution in [0, 0.1) is 0 Å². The SMILES string of the molecule is CCCCCCCCc1ccc(OCC(=O)Cn2nccn2)cc1. The van der Waals surface area contributed by atoms with Crippen LogP contribution in [-0.2, 0) is 17.8 Å². The third-order valence-corrected chi connectivity index (χ3v) is 3.93. The lowest BCUT2D eigenvalue weighted by Crippen LogP contribution is -2.19. The van der Waals surface area contributed by atoms with Gasteiger partial charge in [0.25, 0.3) is 0 Å². The predicted molar refractivity (Wildman–Crippen MR) is 94.0 cm³/mol. The van der Waals surface area contributed by atoms with Gasteiger partial charge in [-0.3, -0.25) is 4.79 Å². The van der Waals surface area contributed by atoms with E-state index in [9.17, 15) is 4.79 Å². The lowest BCUT2D eigenvalue weighted by Gasteiger charge is -2.07. The molecule has 5 nitrogen and oxygen atoms in total. The monoisotopic (exact) mass is 329 g/mol. The minimum absolute atomic E-state index is 0.0400. The van der Waals surface area contributed by atoms with Gasteiger partial charge in [-0.1, -0.05) is 51.2 Å². The van der Waals surface area contributed by atoms with Gasteiger partial charge >= 0.3 is 0 Å². The van der Waals surface area contributed by atoms with Crippen LogP contribution in [-0.4, -0.2) is 27.4 Å². The molecule has 0 atom stereocenters. The number of benzene rings is 1. The molecule has 0 saturated carbocycles. The highest BCUT2D eigenvalue weighted by atomic mass is 16.5.